The number of nitrogens with one attached hydrogen (secondary N) is 1. The van der Waals surface area contributed by atoms with Gasteiger partial charge in [0.25, 0.3) is 0 Å². The van der Waals surface area contributed by atoms with E-state index >= 15 is 0 Å². The van der Waals surface area contributed by atoms with Crippen LogP contribution in [0.3, 0.4) is 0 Å². The smallest absolute Gasteiger partial charge is 0.228 e. The molecular weight excluding hydrogens is 256 g/mol. The number of hydrogen-bond acceptors (Lipinski definition) is 6. The maximum absolute atomic E-state index is 5.45. The largest absolute Gasteiger partial charge is 0.478 e. The molecule has 1 aliphatic rings. The molecule has 6 nitrogen and oxygen atoms in total. The second-order valence-electron chi connectivity index (χ2n) is 4.86. The fourth-order valence-electron chi connectivity index (χ4n) is 2.37. The summed E-state index contributed by atoms with van der Waals surface area (Å²) < 4.78 is 10.6. The van der Waals surface area contributed by atoms with Gasteiger partial charge in [0.15, 0.2) is 0 Å². The summed E-state index contributed by atoms with van der Waals surface area (Å²) in [7, 11) is 1.71. The lowest BCUT2D eigenvalue weighted by molar-refractivity contribution is 0.204. The van der Waals surface area contributed by atoms with Gasteiger partial charge in [0.1, 0.15) is 0 Å². The molecule has 0 radical (unpaired) electrons. The molecule has 1 fully saturated rings. The Morgan fingerprint density at radius 1 is 1.50 bits per heavy atom. The summed E-state index contributed by atoms with van der Waals surface area (Å²) in [6, 6.07) is 2.29. The van der Waals surface area contributed by atoms with Gasteiger partial charge in [-0.3, -0.25) is 0 Å². The van der Waals surface area contributed by atoms with Crippen LogP contribution in [-0.4, -0.2) is 56.0 Å². The quantitative estimate of drug-likeness (QED) is 0.769. The lowest BCUT2D eigenvalue weighted by atomic mass is 10.2. The van der Waals surface area contributed by atoms with E-state index in [1.165, 1.54) is 12.8 Å². The zero-order chi connectivity index (χ0) is 14.2. The number of nitrogens with zero attached hydrogens (tertiary/aromatic N) is 3. The first-order chi connectivity index (χ1) is 9.83. The van der Waals surface area contributed by atoms with Crippen molar-refractivity contribution in [2.75, 3.05) is 44.9 Å². The summed E-state index contributed by atoms with van der Waals surface area (Å²) in [6.07, 6.45) is 4.19. The van der Waals surface area contributed by atoms with Crippen LogP contribution in [0.25, 0.3) is 0 Å². The van der Waals surface area contributed by atoms with Gasteiger partial charge in [0.05, 0.1) is 13.2 Å². The molecule has 1 saturated heterocycles. The van der Waals surface area contributed by atoms with Crippen molar-refractivity contribution in [3.8, 4) is 5.88 Å². The molecule has 1 aliphatic heterocycles. The third kappa shape index (κ3) is 4.31. The highest BCUT2D eigenvalue weighted by Crippen LogP contribution is 2.15. The normalized spacial score (nSPS) is 18.2. The van der Waals surface area contributed by atoms with Gasteiger partial charge in [-0.05, 0) is 26.3 Å². The van der Waals surface area contributed by atoms with E-state index in [0.29, 0.717) is 31.1 Å². The van der Waals surface area contributed by atoms with Gasteiger partial charge in [-0.2, -0.15) is 4.98 Å². The minimum atomic E-state index is 0.506. The number of methoxy groups -OCH3 is 1. The first-order valence-corrected chi connectivity index (χ1v) is 7.26. The van der Waals surface area contributed by atoms with E-state index in [1.807, 2.05) is 6.92 Å². The predicted molar refractivity (Wildman–Crippen MR) is 78.3 cm³/mol. The summed E-state index contributed by atoms with van der Waals surface area (Å²) in [6.45, 7) is 6.01. The molecule has 0 saturated carbocycles. The van der Waals surface area contributed by atoms with E-state index in [9.17, 15) is 0 Å². The summed E-state index contributed by atoms with van der Waals surface area (Å²) in [4.78, 5) is 11.0. The van der Waals surface area contributed by atoms with Gasteiger partial charge in [-0.15, -0.1) is 0 Å². The van der Waals surface area contributed by atoms with Crippen molar-refractivity contribution in [2.45, 2.75) is 25.8 Å². The van der Waals surface area contributed by atoms with Crippen molar-refractivity contribution in [3.05, 3.63) is 12.3 Å². The van der Waals surface area contributed by atoms with E-state index < -0.39 is 0 Å². The number of anilines is 1. The molecule has 20 heavy (non-hydrogen) atoms. The standard InChI is InChI=1S/C14H24N4O2/c1-3-20-13-6-8-16-14(17-13)18(9-10-19-2)11-12-5-4-7-15-12/h6,8,12,15H,3-5,7,9-11H2,1-2H3. The van der Waals surface area contributed by atoms with Crippen LogP contribution in [0.2, 0.25) is 0 Å². The molecule has 0 amide bonds. The minimum absolute atomic E-state index is 0.506. The van der Waals surface area contributed by atoms with Crippen LogP contribution >= 0.6 is 0 Å². The van der Waals surface area contributed by atoms with E-state index in [2.05, 4.69) is 20.2 Å². The molecule has 2 rings (SSSR count). The second kappa shape index (κ2) is 8.01. The molecule has 1 unspecified atom stereocenters. The highest BCUT2D eigenvalue weighted by atomic mass is 16.5. The monoisotopic (exact) mass is 280 g/mol. The summed E-state index contributed by atoms with van der Waals surface area (Å²) in [5.74, 6) is 1.33. The van der Waals surface area contributed by atoms with Crippen LogP contribution in [0.1, 0.15) is 19.8 Å². The Morgan fingerprint density at radius 3 is 3.10 bits per heavy atom. The maximum Gasteiger partial charge on any atom is 0.228 e. The number of rotatable bonds is 8. The third-order valence-electron chi connectivity index (χ3n) is 3.36. The van der Waals surface area contributed by atoms with Crippen molar-refractivity contribution in [1.29, 1.82) is 0 Å². The predicted octanol–water partition coefficient (Wildman–Crippen LogP) is 1.08. The van der Waals surface area contributed by atoms with E-state index in [-0.39, 0.29) is 0 Å². The van der Waals surface area contributed by atoms with Crippen molar-refractivity contribution < 1.29 is 9.47 Å². The first-order valence-electron chi connectivity index (χ1n) is 7.26. The van der Waals surface area contributed by atoms with Crippen LogP contribution in [0.15, 0.2) is 12.3 Å². The van der Waals surface area contributed by atoms with Crippen molar-refractivity contribution in [3.63, 3.8) is 0 Å². The fourth-order valence-corrected chi connectivity index (χ4v) is 2.37. The van der Waals surface area contributed by atoms with Gasteiger partial charge < -0.3 is 19.7 Å². The zero-order valence-corrected chi connectivity index (χ0v) is 12.3. The Morgan fingerprint density at radius 2 is 2.40 bits per heavy atom. The van der Waals surface area contributed by atoms with Gasteiger partial charge in [0, 0.05) is 38.5 Å². The van der Waals surface area contributed by atoms with Crippen molar-refractivity contribution >= 4 is 5.95 Å². The van der Waals surface area contributed by atoms with Gasteiger partial charge in [0.2, 0.25) is 11.8 Å². The highest BCUT2D eigenvalue weighted by Gasteiger charge is 2.19. The molecule has 1 aromatic heterocycles. The Balaban J connectivity index is 2.05. The number of ether oxygens (including phenoxy) is 2. The zero-order valence-electron chi connectivity index (χ0n) is 12.3. The molecule has 0 aromatic carbocycles. The van der Waals surface area contributed by atoms with Crippen LogP contribution in [-0.2, 0) is 4.74 Å². The molecule has 1 aromatic rings. The lowest BCUT2D eigenvalue weighted by Gasteiger charge is -2.25. The van der Waals surface area contributed by atoms with E-state index in [1.54, 1.807) is 19.4 Å². The minimum Gasteiger partial charge on any atom is -0.478 e. The summed E-state index contributed by atoms with van der Waals surface area (Å²) >= 11 is 0. The Hall–Kier alpha value is -1.40. The molecular formula is C14H24N4O2. The Labute approximate surface area is 120 Å². The average Bonchev–Trinajstić information content (AvgIpc) is 2.97. The van der Waals surface area contributed by atoms with Crippen LogP contribution < -0.4 is 15.0 Å². The third-order valence-corrected chi connectivity index (χ3v) is 3.36. The number of hydrogen-bond donors (Lipinski definition) is 1. The molecule has 1 atom stereocenters. The van der Waals surface area contributed by atoms with E-state index in [4.69, 9.17) is 9.47 Å². The van der Waals surface area contributed by atoms with Gasteiger partial charge in [-0.1, -0.05) is 0 Å². The van der Waals surface area contributed by atoms with Gasteiger partial charge >= 0.3 is 0 Å². The first kappa shape index (κ1) is 15.0. The van der Waals surface area contributed by atoms with Crippen LogP contribution in [0.5, 0.6) is 5.88 Å². The van der Waals surface area contributed by atoms with Crippen LogP contribution in [0.4, 0.5) is 5.95 Å². The fraction of sp³-hybridized carbons (Fsp3) is 0.714. The molecule has 2 heterocycles. The Bertz CT molecular complexity index is 397. The summed E-state index contributed by atoms with van der Waals surface area (Å²) in [5.41, 5.74) is 0. The average molecular weight is 280 g/mol. The summed E-state index contributed by atoms with van der Waals surface area (Å²) in [5, 5.41) is 3.50. The topological polar surface area (TPSA) is 59.5 Å². The molecule has 0 bridgehead atoms. The number of aromatic nitrogens is 2. The van der Waals surface area contributed by atoms with Crippen molar-refractivity contribution in [2.24, 2.45) is 0 Å². The highest BCUT2D eigenvalue weighted by molar-refractivity contribution is 5.32. The van der Waals surface area contributed by atoms with E-state index in [0.717, 1.165) is 19.6 Å². The van der Waals surface area contributed by atoms with Crippen molar-refractivity contribution in [1.82, 2.24) is 15.3 Å². The molecule has 6 heteroatoms. The lowest BCUT2D eigenvalue weighted by Crippen LogP contribution is -2.40. The molecule has 112 valence electrons. The molecule has 0 aliphatic carbocycles. The molecule has 1 N–H and O–H groups in total. The van der Waals surface area contributed by atoms with Gasteiger partial charge in [-0.25, -0.2) is 4.98 Å². The Kier molecular flexibility index (Phi) is 6.01. The maximum atomic E-state index is 5.45. The second-order valence-corrected chi connectivity index (χ2v) is 4.86. The van der Waals surface area contributed by atoms with Crippen LogP contribution in [0, 0.1) is 0 Å². The SMILES string of the molecule is CCOc1ccnc(N(CCOC)CC2CCCN2)n1. The molecule has 0 spiro atoms.